The molecule has 3 rings (SSSR count). The van der Waals surface area contributed by atoms with Crippen LogP contribution in [0, 0.1) is 11.3 Å². The number of hydrogen-bond acceptors (Lipinski definition) is 2. The van der Waals surface area contributed by atoms with E-state index < -0.39 is 0 Å². The predicted molar refractivity (Wildman–Crippen MR) is 80.1 cm³/mol. The van der Waals surface area contributed by atoms with Crippen molar-refractivity contribution in [2.45, 2.75) is 31.8 Å². The highest BCUT2D eigenvalue weighted by Gasteiger charge is 2.18. The molecule has 0 aliphatic heterocycles. The summed E-state index contributed by atoms with van der Waals surface area (Å²) in [5, 5.41) is 12.6. The number of nitrogens with zero attached hydrogens (tertiary/aromatic N) is 1. The third kappa shape index (κ3) is 2.74. The molecule has 1 atom stereocenters. The van der Waals surface area contributed by atoms with Crippen molar-refractivity contribution >= 4 is 0 Å². The molecule has 2 heteroatoms. The molecule has 1 aliphatic carbocycles. The van der Waals surface area contributed by atoms with Crippen molar-refractivity contribution in [2.75, 3.05) is 0 Å². The summed E-state index contributed by atoms with van der Waals surface area (Å²) in [4.78, 5) is 0. The normalized spacial score (nSPS) is 17.2. The molecule has 0 heterocycles. The fraction of sp³-hybridized carbons (Fsp3) is 0.278. The minimum absolute atomic E-state index is 0.436. The Morgan fingerprint density at radius 1 is 1.15 bits per heavy atom. The summed E-state index contributed by atoms with van der Waals surface area (Å²) < 4.78 is 0. The first-order valence-electron chi connectivity index (χ1n) is 7.17. The Hall–Kier alpha value is -2.11. The summed E-state index contributed by atoms with van der Waals surface area (Å²) in [6, 6.07) is 19.2. The monoisotopic (exact) mass is 262 g/mol. The second-order valence-electron chi connectivity index (χ2n) is 5.34. The van der Waals surface area contributed by atoms with Crippen molar-refractivity contribution in [3.63, 3.8) is 0 Å². The van der Waals surface area contributed by atoms with Crippen LogP contribution in [-0.4, -0.2) is 0 Å². The largest absolute Gasteiger partial charge is 0.306 e. The van der Waals surface area contributed by atoms with E-state index in [4.69, 9.17) is 5.26 Å². The van der Waals surface area contributed by atoms with E-state index in [0.717, 1.165) is 12.1 Å². The van der Waals surface area contributed by atoms with Crippen LogP contribution in [0.2, 0.25) is 0 Å². The summed E-state index contributed by atoms with van der Waals surface area (Å²) in [5.41, 5.74) is 4.82. The van der Waals surface area contributed by atoms with Crippen LogP contribution in [0.3, 0.4) is 0 Å². The molecule has 2 aromatic rings. The van der Waals surface area contributed by atoms with Gasteiger partial charge in [0, 0.05) is 12.6 Å². The maximum Gasteiger partial charge on any atom is 0.0991 e. The van der Waals surface area contributed by atoms with Gasteiger partial charge in [0.15, 0.2) is 0 Å². The number of fused-ring (bicyclic) bond motifs is 1. The van der Waals surface area contributed by atoms with Gasteiger partial charge in [0.05, 0.1) is 11.6 Å². The predicted octanol–water partition coefficient (Wildman–Crippen LogP) is 3.73. The van der Waals surface area contributed by atoms with E-state index in [1.165, 1.54) is 36.0 Å². The van der Waals surface area contributed by atoms with E-state index in [-0.39, 0.29) is 0 Å². The number of nitriles is 1. The zero-order chi connectivity index (χ0) is 13.8. The number of nitrogens with one attached hydrogen (secondary N) is 1. The molecule has 0 unspecified atom stereocenters. The summed E-state index contributed by atoms with van der Waals surface area (Å²) in [6.45, 7) is 0.814. The van der Waals surface area contributed by atoms with Gasteiger partial charge in [-0.15, -0.1) is 0 Å². The molecule has 100 valence electrons. The summed E-state index contributed by atoms with van der Waals surface area (Å²) in [5.74, 6) is 0. The van der Waals surface area contributed by atoms with Crippen LogP contribution in [0.1, 0.15) is 41.1 Å². The highest BCUT2D eigenvalue weighted by atomic mass is 14.9. The lowest BCUT2D eigenvalue weighted by Crippen LogP contribution is -2.24. The minimum atomic E-state index is 0.436. The number of benzene rings is 2. The molecule has 0 bridgehead atoms. The molecule has 0 saturated heterocycles. The zero-order valence-electron chi connectivity index (χ0n) is 11.5. The third-order valence-electron chi connectivity index (χ3n) is 3.98. The quantitative estimate of drug-likeness (QED) is 0.915. The molecule has 2 aromatic carbocycles. The number of hydrogen-bond donors (Lipinski definition) is 1. The fourth-order valence-corrected chi connectivity index (χ4v) is 2.96. The minimum Gasteiger partial charge on any atom is -0.306 e. The number of aryl methyl sites for hydroxylation is 1. The molecular formula is C18H18N2. The van der Waals surface area contributed by atoms with E-state index >= 15 is 0 Å². The lowest BCUT2D eigenvalue weighted by Gasteiger charge is -2.26. The first-order valence-corrected chi connectivity index (χ1v) is 7.17. The summed E-state index contributed by atoms with van der Waals surface area (Å²) in [6.07, 6.45) is 3.63. The third-order valence-corrected chi connectivity index (χ3v) is 3.98. The topological polar surface area (TPSA) is 35.8 Å². The van der Waals surface area contributed by atoms with Crippen LogP contribution >= 0.6 is 0 Å². The summed E-state index contributed by atoms with van der Waals surface area (Å²) >= 11 is 0. The van der Waals surface area contributed by atoms with Crippen molar-refractivity contribution in [1.29, 1.82) is 5.26 Å². The van der Waals surface area contributed by atoms with E-state index in [9.17, 15) is 0 Å². The maximum atomic E-state index is 8.94. The van der Waals surface area contributed by atoms with Gasteiger partial charge in [0.2, 0.25) is 0 Å². The highest BCUT2D eigenvalue weighted by molar-refractivity contribution is 5.34. The molecule has 0 spiro atoms. The lowest BCUT2D eigenvalue weighted by atomic mass is 9.87. The van der Waals surface area contributed by atoms with Crippen molar-refractivity contribution < 1.29 is 0 Å². The molecule has 2 nitrogen and oxygen atoms in total. The second kappa shape index (κ2) is 5.90. The van der Waals surface area contributed by atoms with Crippen molar-refractivity contribution in [1.82, 2.24) is 5.32 Å². The Morgan fingerprint density at radius 2 is 2.05 bits per heavy atom. The first-order chi connectivity index (χ1) is 9.86. The van der Waals surface area contributed by atoms with E-state index in [0.29, 0.717) is 6.04 Å². The van der Waals surface area contributed by atoms with Gasteiger partial charge in [0.25, 0.3) is 0 Å². The molecule has 0 aromatic heterocycles. The van der Waals surface area contributed by atoms with Gasteiger partial charge in [-0.05, 0) is 48.1 Å². The SMILES string of the molecule is N#Cc1cccc(CN[C@H]2CCCc3ccccc32)c1. The van der Waals surface area contributed by atoms with Crippen LogP contribution in [0.5, 0.6) is 0 Å². The Balaban J connectivity index is 1.72. The lowest BCUT2D eigenvalue weighted by molar-refractivity contribution is 0.459. The Bertz CT molecular complexity index is 640. The van der Waals surface area contributed by atoms with Crippen molar-refractivity contribution in [2.24, 2.45) is 0 Å². The van der Waals surface area contributed by atoms with Crippen LogP contribution in [0.15, 0.2) is 48.5 Å². The van der Waals surface area contributed by atoms with Gasteiger partial charge >= 0.3 is 0 Å². The maximum absolute atomic E-state index is 8.94. The Kier molecular flexibility index (Phi) is 3.80. The molecule has 1 aliphatic rings. The smallest absolute Gasteiger partial charge is 0.0991 e. The van der Waals surface area contributed by atoms with Gasteiger partial charge in [-0.2, -0.15) is 5.26 Å². The molecule has 0 radical (unpaired) electrons. The average Bonchev–Trinajstić information content (AvgIpc) is 2.53. The van der Waals surface area contributed by atoms with E-state index in [1.807, 2.05) is 18.2 Å². The van der Waals surface area contributed by atoms with E-state index in [1.54, 1.807) is 0 Å². The first kappa shape index (κ1) is 12.9. The Labute approximate surface area is 120 Å². The van der Waals surface area contributed by atoms with Gasteiger partial charge in [0.1, 0.15) is 0 Å². The van der Waals surface area contributed by atoms with Crippen LogP contribution in [0.4, 0.5) is 0 Å². The van der Waals surface area contributed by atoms with Crippen molar-refractivity contribution in [3.8, 4) is 6.07 Å². The second-order valence-corrected chi connectivity index (χ2v) is 5.34. The van der Waals surface area contributed by atoms with Gasteiger partial charge in [-0.25, -0.2) is 0 Å². The van der Waals surface area contributed by atoms with Gasteiger partial charge in [-0.1, -0.05) is 36.4 Å². The summed E-state index contributed by atoms with van der Waals surface area (Å²) in [7, 11) is 0. The molecule has 20 heavy (non-hydrogen) atoms. The molecule has 0 amide bonds. The highest BCUT2D eigenvalue weighted by Crippen LogP contribution is 2.29. The average molecular weight is 262 g/mol. The van der Waals surface area contributed by atoms with Gasteiger partial charge in [-0.3, -0.25) is 0 Å². The van der Waals surface area contributed by atoms with Crippen LogP contribution < -0.4 is 5.32 Å². The zero-order valence-corrected chi connectivity index (χ0v) is 11.5. The fourth-order valence-electron chi connectivity index (χ4n) is 2.96. The molecule has 0 saturated carbocycles. The number of rotatable bonds is 3. The Morgan fingerprint density at radius 3 is 2.95 bits per heavy atom. The molecular weight excluding hydrogens is 244 g/mol. The van der Waals surface area contributed by atoms with Crippen LogP contribution in [0.25, 0.3) is 0 Å². The van der Waals surface area contributed by atoms with Gasteiger partial charge < -0.3 is 5.32 Å². The molecule has 0 fully saturated rings. The molecule has 1 N–H and O–H groups in total. The van der Waals surface area contributed by atoms with Crippen LogP contribution in [-0.2, 0) is 13.0 Å². The standard InChI is InChI=1S/C18H18N2/c19-12-14-5-3-6-15(11-14)13-20-18-10-4-8-16-7-1-2-9-17(16)18/h1-3,5-7,9,11,18,20H,4,8,10,13H2/t18-/m0/s1. The van der Waals surface area contributed by atoms with Crippen molar-refractivity contribution in [3.05, 3.63) is 70.8 Å². The van der Waals surface area contributed by atoms with E-state index in [2.05, 4.69) is 41.7 Å².